The third-order valence-corrected chi connectivity index (χ3v) is 2.67. The molecule has 0 aliphatic rings. The number of aliphatic hydroxyl groups is 1. The Balaban J connectivity index is 2.38. The normalized spacial score (nSPS) is 11.3. The molecule has 2 aromatic rings. The number of aromatic nitrogens is 1. The lowest BCUT2D eigenvalue weighted by atomic mass is 10.0. The smallest absolute Gasteiger partial charge is 0.275 e. The monoisotopic (exact) mass is 268 g/mol. The van der Waals surface area contributed by atoms with Crippen LogP contribution in [0.25, 0.3) is 0 Å². The molecule has 0 aliphatic heterocycles. The van der Waals surface area contributed by atoms with E-state index in [4.69, 9.17) is 0 Å². The van der Waals surface area contributed by atoms with Crippen LogP contribution in [0.2, 0.25) is 0 Å². The van der Waals surface area contributed by atoms with Crippen molar-refractivity contribution < 1.29 is 10.0 Å². The van der Waals surface area contributed by atoms with E-state index in [0.717, 1.165) is 0 Å². The van der Waals surface area contributed by atoms with Crippen LogP contribution in [0.15, 0.2) is 42.6 Å². The number of hydrogen-bond donors (Lipinski definition) is 1. The van der Waals surface area contributed by atoms with E-state index in [2.05, 4.69) is 16.8 Å². The van der Waals surface area contributed by atoms with Gasteiger partial charge in [-0.15, -0.1) is 0 Å². The van der Waals surface area contributed by atoms with Gasteiger partial charge in [0.15, 0.2) is 0 Å². The summed E-state index contributed by atoms with van der Waals surface area (Å²) < 4.78 is 0. The van der Waals surface area contributed by atoms with Crippen LogP contribution in [0.3, 0.4) is 0 Å². The fraction of sp³-hybridized carbons (Fsp3) is 0.133. The van der Waals surface area contributed by atoms with E-state index < -0.39 is 11.0 Å². The molecule has 1 atom stereocenters. The Morgan fingerprint density at radius 1 is 1.30 bits per heavy atom. The molecule has 0 radical (unpaired) electrons. The molecule has 2 rings (SSSR count). The third-order valence-electron chi connectivity index (χ3n) is 2.67. The standard InChI is InChI=1S/C15H12N2O3/c1-11(18)14-10-12(6-8-15(14)17(19)20)5-7-13-4-2-3-9-16-13/h2-4,6,8-11,18H,1H3. The molecular formula is C15H12N2O3. The summed E-state index contributed by atoms with van der Waals surface area (Å²) in [7, 11) is 0. The first-order valence-electron chi connectivity index (χ1n) is 5.97. The summed E-state index contributed by atoms with van der Waals surface area (Å²) in [5.74, 6) is 5.74. The molecule has 100 valence electrons. The van der Waals surface area contributed by atoms with E-state index in [0.29, 0.717) is 11.3 Å². The summed E-state index contributed by atoms with van der Waals surface area (Å²) in [4.78, 5) is 14.4. The molecule has 20 heavy (non-hydrogen) atoms. The highest BCUT2D eigenvalue weighted by molar-refractivity contribution is 5.50. The van der Waals surface area contributed by atoms with Crippen LogP contribution in [-0.4, -0.2) is 15.0 Å². The minimum absolute atomic E-state index is 0.108. The van der Waals surface area contributed by atoms with Gasteiger partial charge in [-0.3, -0.25) is 10.1 Å². The maximum Gasteiger partial charge on any atom is 0.275 e. The second kappa shape index (κ2) is 5.95. The number of aliphatic hydroxyl groups excluding tert-OH is 1. The number of nitro benzene ring substituents is 1. The average molecular weight is 268 g/mol. The van der Waals surface area contributed by atoms with Gasteiger partial charge in [-0.1, -0.05) is 12.0 Å². The molecule has 0 spiro atoms. The molecule has 1 unspecified atom stereocenters. The third kappa shape index (κ3) is 3.19. The Labute approximate surface area is 116 Å². The van der Waals surface area contributed by atoms with Crippen molar-refractivity contribution in [3.05, 3.63) is 69.5 Å². The molecular weight excluding hydrogens is 256 g/mol. The van der Waals surface area contributed by atoms with Crippen LogP contribution in [0, 0.1) is 22.0 Å². The molecule has 0 saturated heterocycles. The molecule has 5 heteroatoms. The van der Waals surface area contributed by atoms with Crippen molar-refractivity contribution in [2.24, 2.45) is 0 Å². The van der Waals surface area contributed by atoms with Gasteiger partial charge in [0, 0.05) is 17.8 Å². The van der Waals surface area contributed by atoms with Gasteiger partial charge in [0.05, 0.1) is 16.6 Å². The molecule has 0 fully saturated rings. The SMILES string of the molecule is CC(O)c1cc(C#Cc2ccccn2)ccc1[N+](=O)[O-]. The Morgan fingerprint density at radius 2 is 2.10 bits per heavy atom. The van der Waals surface area contributed by atoms with Crippen molar-refractivity contribution >= 4 is 5.69 Å². The molecule has 0 saturated carbocycles. The van der Waals surface area contributed by atoms with Gasteiger partial charge in [0.1, 0.15) is 5.69 Å². The fourth-order valence-corrected chi connectivity index (χ4v) is 1.71. The van der Waals surface area contributed by atoms with Gasteiger partial charge in [-0.05, 0) is 37.1 Å². The summed E-state index contributed by atoms with van der Waals surface area (Å²) >= 11 is 0. The first-order chi connectivity index (χ1) is 9.58. The van der Waals surface area contributed by atoms with Crippen LogP contribution < -0.4 is 0 Å². The van der Waals surface area contributed by atoms with Crippen molar-refractivity contribution in [3.63, 3.8) is 0 Å². The van der Waals surface area contributed by atoms with Gasteiger partial charge in [-0.25, -0.2) is 4.98 Å². The van der Waals surface area contributed by atoms with Crippen molar-refractivity contribution in [1.29, 1.82) is 0 Å². The average Bonchev–Trinajstić information content (AvgIpc) is 2.45. The second-order valence-corrected chi connectivity index (χ2v) is 4.17. The Morgan fingerprint density at radius 3 is 2.70 bits per heavy atom. The summed E-state index contributed by atoms with van der Waals surface area (Å²) in [5.41, 5.74) is 1.35. The number of benzene rings is 1. The molecule has 1 aromatic carbocycles. The van der Waals surface area contributed by atoms with Gasteiger partial charge in [0.25, 0.3) is 5.69 Å². The number of pyridine rings is 1. The molecule has 0 amide bonds. The van der Waals surface area contributed by atoms with E-state index >= 15 is 0 Å². The Hall–Kier alpha value is -2.71. The lowest BCUT2D eigenvalue weighted by Crippen LogP contribution is -1.99. The minimum atomic E-state index is -0.924. The Bertz CT molecular complexity index is 685. The Kier molecular flexibility index (Phi) is 4.08. The lowest BCUT2D eigenvalue weighted by molar-refractivity contribution is -0.386. The maximum atomic E-state index is 10.9. The number of hydrogen-bond acceptors (Lipinski definition) is 4. The van der Waals surface area contributed by atoms with Gasteiger partial charge in [0.2, 0.25) is 0 Å². The highest BCUT2D eigenvalue weighted by Crippen LogP contribution is 2.25. The van der Waals surface area contributed by atoms with E-state index in [1.807, 2.05) is 6.07 Å². The van der Waals surface area contributed by atoms with Crippen LogP contribution in [0.5, 0.6) is 0 Å². The van der Waals surface area contributed by atoms with Crippen LogP contribution in [0.1, 0.15) is 29.8 Å². The van der Waals surface area contributed by atoms with Crippen molar-refractivity contribution in [2.75, 3.05) is 0 Å². The van der Waals surface area contributed by atoms with E-state index in [-0.39, 0.29) is 11.3 Å². The molecule has 1 aromatic heterocycles. The summed E-state index contributed by atoms with van der Waals surface area (Å²) in [5, 5.41) is 20.5. The molecule has 1 heterocycles. The zero-order valence-corrected chi connectivity index (χ0v) is 10.8. The fourth-order valence-electron chi connectivity index (χ4n) is 1.71. The number of nitro groups is 1. The molecule has 0 aliphatic carbocycles. The maximum absolute atomic E-state index is 10.9. The van der Waals surface area contributed by atoms with Crippen LogP contribution >= 0.6 is 0 Å². The number of nitrogens with zero attached hydrogens (tertiary/aromatic N) is 2. The quantitative estimate of drug-likeness (QED) is 0.515. The van der Waals surface area contributed by atoms with E-state index in [9.17, 15) is 15.2 Å². The first kappa shape index (κ1) is 13.7. The molecule has 0 bridgehead atoms. The number of rotatable bonds is 2. The summed E-state index contributed by atoms with van der Waals surface area (Å²) in [6.45, 7) is 1.48. The second-order valence-electron chi connectivity index (χ2n) is 4.17. The molecule has 1 N–H and O–H groups in total. The highest BCUT2D eigenvalue weighted by Gasteiger charge is 2.17. The van der Waals surface area contributed by atoms with E-state index in [1.165, 1.54) is 19.1 Å². The zero-order chi connectivity index (χ0) is 14.5. The van der Waals surface area contributed by atoms with Gasteiger partial charge in [-0.2, -0.15) is 0 Å². The van der Waals surface area contributed by atoms with Crippen LogP contribution in [0.4, 0.5) is 5.69 Å². The van der Waals surface area contributed by atoms with E-state index in [1.54, 1.807) is 24.4 Å². The summed E-state index contributed by atoms with van der Waals surface area (Å²) in [6.07, 6.45) is 0.716. The van der Waals surface area contributed by atoms with Crippen LogP contribution in [-0.2, 0) is 0 Å². The predicted octanol–water partition coefficient (Wildman–Crippen LogP) is 2.44. The first-order valence-corrected chi connectivity index (χ1v) is 5.97. The molecule has 5 nitrogen and oxygen atoms in total. The van der Waals surface area contributed by atoms with Crippen molar-refractivity contribution in [3.8, 4) is 11.8 Å². The highest BCUT2D eigenvalue weighted by atomic mass is 16.6. The van der Waals surface area contributed by atoms with Crippen molar-refractivity contribution in [1.82, 2.24) is 4.98 Å². The van der Waals surface area contributed by atoms with Gasteiger partial charge < -0.3 is 5.11 Å². The topological polar surface area (TPSA) is 76.3 Å². The van der Waals surface area contributed by atoms with Crippen molar-refractivity contribution in [2.45, 2.75) is 13.0 Å². The largest absolute Gasteiger partial charge is 0.388 e. The van der Waals surface area contributed by atoms with Gasteiger partial charge >= 0.3 is 0 Å². The summed E-state index contributed by atoms with van der Waals surface area (Å²) in [6, 6.07) is 9.83. The lowest BCUT2D eigenvalue weighted by Gasteiger charge is -2.05. The minimum Gasteiger partial charge on any atom is -0.388 e. The zero-order valence-electron chi connectivity index (χ0n) is 10.8. The predicted molar refractivity (Wildman–Crippen MR) is 73.9 cm³/mol.